The lowest BCUT2D eigenvalue weighted by atomic mass is 9.98. The van der Waals surface area contributed by atoms with Crippen LogP contribution in [-0.4, -0.2) is 106 Å². The number of thiazole rings is 1. The van der Waals surface area contributed by atoms with Gasteiger partial charge >= 0.3 is 24.2 Å². The average Bonchev–Trinajstić information content (AvgIpc) is 3.55. The smallest absolute Gasteiger partial charge is 0.420 e. The van der Waals surface area contributed by atoms with Gasteiger partial charge in [-0.05, 0) is 67.8 Å². The summed E-state index contributed by atoms with van der Waals surface area (Å²) < 4.78 is 16.1. The number of amides is 5. The summed E-state index contributed by atoms with van der Waals surface area (Å²) in [4.78, 5) is 90.8. The zero-order chi connectivity index (χ0) is 41.8. The number of aromatic nitrogens is 4. The molecule has 0 radical (unpaired) electrons. The quantitative estimate of drug-likeness (QED) is 0.0428. The van der Waals surface area contributed by atoms with Crippen molar-refractivity contribution >= 4 is 58.2 Å². The van der Waals surface area contributed by atoms with Gasteiger partial charge in [-0.2, -0.15) is 15.0 Å². The molecule has 0 aromatic carbocycles. The van der Waals surface area contributed by atoms with E-state index < -0.39 is 82.8 Å². The molecule has 2 fully saturated rings. The van der Waals surface area contributed by atoms with Crippen LogP contribution in [0.2, 0.25) is 0 Å². The van der Waals surface area contributed by atoms with Gasteiger partial charge < -0.3 is 34.8 Å². The van der Waals surface area contributed by atoms with Crippen molar-refractivity contribution in [3.8, 4) is 0 Å². The second kappa shape index (κ2) is 16.4. The fourth-order valence-electron chi connectivity index (χ4n) is 4.60. The van der Waals surface area contributed by atoms with E-state index in [0.717, 1.165) is 16.1 Å². The zero-order valence-electron chi connectivity index (χ0n) is 32.2. The van der Waals surface area contributed by atoms with E-state index in [-0.39, 0.29) is 48.1 Å². The maximum absolute atomic E-state index is 13.7. The highest BCUT2D eigenvalue weighted by Crippen LogP contribution is 2.40. The molecule has 5 amide bonds. The van der Waals surface area contributed by atoms with Crippen LogP contribution in [-0.2, 0) is 53.1 Å². The molecular weight excluding hydrogens is 760 g/mol. The minimum atomic E-state index is -1.63. The Morgan fingerprint density at radius 2 is 1.61 bits per heavy atom. The van der Waals surface area contributed by atoms with E-state index in [1.54, 1.807) is 62.3 Å². The average molecular weight is 805 g/mol. The topological polar surface area (TPSA) is 304 Å². The number of β-lactam (4-membered cyclic amide) rings is 1. The van der Waals surface area contributed by atoms with E-state index in [1.165, 1.54) is 5.38 Å². The van der Waals surface area contributed by atoms with Crippen molar-refractivity contribution in [2.75, 3.05) is 5.32 Å². The molecule has 4 rings (SSSR count). The predicted molar refractivity (Wildman–Crippen MR) is 194 cm³/mol. The van der Waals surface area contributed by atoms with Gasteiger partial charge in [0, 0.05) is 23.1 Å². The monoisotopic (exact) mass is 804 g/mol. The van der Waals surface area contributed by atoms with Gasteiger partial charge in [0.05, 0.1) is 31.4 Å². The van der Waals surface area contributed by atoms with E-state index in [4.69, 9.17) is 24.6 Å². The number of oxime groups is 1. The minimum absolute atomic E-state index is 0.0300. The molecule has 1 saturated heterocycles. The van der Waals surface area contributed by atoms with Gasteiger partial charge in [0.2, 0.25) is 11.5 Å². The van der Waals surface area contributed by atoms with Crippen molar-refractivity contribution in [2.45, 2.75) is 129 Å². The van der Waals surface area contributed by atoms with Crippen LogP contribution in [0.5, 0.6) is 0 Å². The number of azide groups is 1. The molecule has 2 aliphatic rings. The summed E-state index contributed by atoms with van der Waals surface area (Å²) in [5, 5.41) is 34.7. The molecule has 24 heteroatoms. The molecule has 2 aromatic heterocycles. The number of hydrogen-bond donors (Lipinski definition) is 4. The van der Waals surface area contributed by atoms with Crippen molar-refractivity contribution in [1.29, 1.82) is 0 Å². The first-order valence-electron chi connectivity index (χ1n) is 17.1. The van der Waals surface area contributed by atoms with Crippen LogP contribution in [0.4, 0.5) is 19.5 Å². The number of carboxylic acids is 1. The van der Waals surface area contributed by atoms with Crippen LogP contribution in [0.15, 0.2) is 15.7 Å². The Morgan fingerprint density at radius 1 is 1.02 bits per heavy atom. The van der Waals surface area contributed by atoms with E-state index in [1.807, 2.05) is 0 Å². The number of carbonyl (C=O) groups excluding carboxylic acids is 5. The molecule has 2 atom stereocenters. The summed E-state index contributed by atoms with van der Waals surface area (Å²) in [6, 6.07) is -2.03. The summed E-state index contributed by atoms with van der Waals surface area (Å²) >= 11 is 0.922. The molecule has 23 nitrogen and oxygen atoms in total. The van der Waals surface area contributed by atoms with Crippen molar-refractivity contribution < 1.29 is 52.9 Å². The Bertz CT molecular complexity index is 1920. The van der Waals surface area contributed by atoms with Gasteiger partial charge in [-0.1, -0.05) is 10.3 Å². The maximum atomic E-state index is 13.7. The number of anilines is 1. The van der Waals surface area contributed by atoms with Crippen molar-refractivity contribution in [1.82, 2.24) is 35.5 Å². The van der Waals surface area contributed by atoms with E-state index in [0.29, 0.717) is 4.90 Å². The third-order valence-electron chi connectivity index (χ3n) is 7.26. The highest BCUT2D eigenvalue weighted by atomic mass is 32.1. The van der Waals surface area contributed by atoms with Crippen LogP contribution in [0.3, 0.4) is 0 Å². The SMILES string of the molecule is CC(C)(C)OC(=O)Nc1nc(/C(=N/OC2(C(=O)O)CC2)C(=O)N[C@@H]2C(=O)N[C@@H]2Cn2nc(CN=[N+]=[N-])c(CN(C(=O)OC(C)(C)C)C(=O)OC(C)(C)C)n2)cs1. The van der Waals surface area contributed by atoms with Gasteiger partial charge in [-0.15, -0.1) is 11.3 Å². The Kier molecular flexibility index (Phi) is 12.5. The third kappa shape index (κ3) is 11.7. The third-order valence-corrected chi connectivity index (χ3v) is 8.02. The molecule has 0 unspecified atom stereocenters. The molecule has 1 aliphatic heterocycles. The number of nitrogens with zero attached hydrogens (tertiary/aromatic N) is 9. The second-order valence-electron chi connectivity index (χ2n) is 15.6. The molecular formula is C32H44N12O11S. The Balaban J connectivity index is 1.56. The predicted octanol–water partition coefficient (Wildman–Crippen LogP) is 3.59. The number of rotatable bonds is 13. The lowest BCUT2D eigenvalue weighted by Crippen LogP contribution is -2.70. The van der Waals surface area contributed by atoms with Crippen molar-refractivity contribution in [3.63, 3.8) is 0 Å². The van der Waals surface area contributed by atoms with Crippen LogP contribution in [0.25, 0.3) is 10.4 Å². The molecule has 1 aliphatic carbocycles. The number of carboxylic acid groups (broad SMARTS) is 1. The first kappa shape index (κ1) is 42.7. The van der Waals surface area contributed by atoms with Crippen LogP contribution in [0, 0.1) is 0 Å². The molecule has 2 aromatic rings. The normalized spacial score (nSPS) is 17.6. The molecule has 0 bridgehead atoms. The number of nitrogens with one attached hydrogen (secondary N) is 3. The summed E-state index contributed by atoms with van der Waals surface area (Å²) in [6.07, 6.45) is -2.59. The summed E-state index contributed by atoms with van der Waals surface area (Å²) in [6.45, 7) is 13.7. The highest BCUT2D eigenvalue weighted by molar-refractivity contribution is 7.14. The Labute approximate surface area is 324 Å². The standard InChI is InChI=1S/C32H44N12O11S/c1-29(2,3)52-26(49)38-25-36-19(15-56-25)21(41-55-32(10-11-32)24(47)48)23(46)37-20-18(35-22(20)45)14-44-39-16(12-34-42-33)17(40-44)13-43(27(50)53-30(4,5)6)28(51)54-31(7,8)9/h15,18,20H,10-14H2,1-9H3,(H,35,45)(H,37,46)(H,47,48)(H,36,38,49)/b41-21-/t18-,20+/m1/s1. The van der Waals surface area contributed by atoms with Crippen LogP contribution in [0.1, 0.15) is 92.2 Å². The lowest BCUT2D eigenvalue weighted by Gasteiger charge is -2.36. The number of aliphatic carboxylic acids is 1. The molecule has 304 valence electrons. The number of ether oxygens (including phenoxy) is 3. The van der Waals surface area contributed by atoms with Gasteiger partial charge in [-0.25, -0.2) is 29.1 Å². The van der Waals surface area contributed by atoms with Gasteiger partial charge in [0.15, 0.2) is 10.8 Å². The van der Waals surface area contributed by atoms with Gasteiger partial charge in [0.25, 0.3) is 5.91 Å². The molecule has 0 spiro atoms. The minimum Gasteiger partial charge on any atom is -0.478 e. The van der Waals surface area contributed by atoms with Crippen molar-refractivity contribution in [2.24, 2.45) is 10.3 Å². The fourth-order valence-corrected chi connectivity index (χ4v) is 5.28. The lowest BCUT2D eigenvalue weighted by molar-refractivity contribution is -0.153. The number of hydrogen-bond acceptors (Lipinski definition) is 16. The van der Waals surface area contributed by atoms with Crippen molar-refractivity contribution in [3.05, 3.63) is 32.9 Å². The van der Waals surface area contributed by atoms with Crippen LogP contribution < -0.4 is 16.0 Å². The van der Waals surface area contributed by atoms with Crippen LogP contribution >= 0.6 is 11.3 Å². The Hall–Kier alpha value is -6.03. The second-order valence-corrected chi connectivity index (χ2v) is 16.5. The summed E-state index contributed by atoms with van der Waals surface area (Å²) in [7, 11) is 0. The fraction of sp³-hybridized carbons (Fsp3) is 0.625. The number of carbonyl (C=O) groups is 6. The zero-order valence-corrected chi connectivity index (χ0v) is 33.0. The molecule has 1 saturated carbocycles. The molecule has 56 heavy (non-hydrogen) atoms. The summed E-state index contributed by atoms with van der Waals surface area (Å²) in [5.41, 5.74) is 4.14. The van der Waals surface area contributed by atoms with Gasteiger partial charge in [-0.3, -0.25) is 14.9 Å². The molecule has 4 N–H and O–H groups in total. The van der Waals surface area contributed by atoms with E-state index in [9.17, 15) is 33.9 Å². The number of imide groups is 1. The maximum Gasteiger partial charge on any atom is 0.420 e. The highest BCUT2D eigenvalue weighted by Gasteiger charge is 2.55. The molecule has 3 heterocycles. The largest absolute Gasteiger partial charge is 0.478 e. The first-order chi connectivity index (χ1) is 25.9. The van der Waals surface area contributed by atoms with E-state index >= 15 is 0 Å². The van der Waals surface area contributed by atoms with E-state index in [2.05, 4.69) is 46.3 Å². The van der Waals surface area contributed by atoms with Gasteiger partial charge in [0.1, 0.15) is 34.2 Å². The Morgan fingerprint density at radius 3 is 2.12 bits per heavy atom. The summed E-state index contributed by atoms with van der Waals surface area (Å²) in [5.74, 6) is -2.84. The first-order valence-corrected chi connectivity index (χ1v) is 18.0.